The zero-order valence-corrected chi connectivity index (χ0v) is 33.2. The number of alkyl halides is 3. The first-order chi connectivity index (χ1) is 28.8. The molecule has 6 aromatic rings. The van der Waals surface area contributed by atoms with Crippen molar-refractivity contribution in [2.24, 2.45) is 0 Å². The van der Waals surface area contributed by atoms with Gasteiger partial charge in [-0.2, -0.15) is 0 Å². The summed E-state index contributed by atoms with van der Waals surface area (Å²) in [6, 6.07) is 33.2. The van der Waals surface area contributed by atoms with Crippen molar-refractivity contribution in [1.29, 1.82) is 0 Å². The number of carbonyl (C=O) groups is 2. The van der Waals surface area contributed by atoms with Crippen LogP contribution in [0.4, 0.5) is 33.3 Å². The van der Waals surface area contributed by atoms with Crippen LogP contribution in [0.15, 0.2) is 149 Å². The summed E-state index contributed by atoms with van der Waals surface area (Å²) in [5, 5.41) is 17.9. The first kappa shape index (κ1) is 45.3. The SMILES string of the molecule is O=C(O)c1ccc(CCc2cccc(NS(=O)(=O)c3c(F)cccc3F)c2)cc1.O=C(O)c1ccc(CCc2cccc(NS(=O)(=O)c3ccccc3OC(F)(F)F)c2)cc1. The van der Waals surface area contributed by atoms with Gasteiger partial charge >= 0.3 is 18.3 Å². The molecule has 0 amide bonds. The van der Waals surface area contributed by atoms with Gasteiger partial charge < -0.3 is 14.9 Å². The van der Waals surface area contributed by atoms with E-state index in [1.54, 1.807) is 60.7 Å². The highest BCUT2D eigenvalue weighted by atomic mass is 32.2. The van der Waals surface area contributed by atoms with E-state index < -0.39 is 65.5 Å². The largest absolute Gasteiger partial charge is 0.573 e. The van der Waals surface area contributed by atoms with Crippen molar-refractivity contribution in [2.45, 2.75) is 41.8 Å². The maximum absolute atomic E-state index is 13.8. The molecule has 61 heavy (non-hydrogen) atoms. The summed E-state index contributed by atoms with van der Waals surface area (Å²) in [6.07, 6.45) is -2.74. The number of anilines is 2. The monoisotopic (exact) mass is 882 g/mol. The molecule has 6 aromatic carbocycles. The van der Waals surface area contributed by atoms with E-state index in [1.165, 1.54) is 48.5 Å². The third kappa shape index (κ3) is 13.1. The van der Waals surface area contributed by atoms with Crippen molar-refractivity contribution in [3.8, 4) is 5.75 Å². The van der Waals surface area contributed by atoms with E-state index in [4.69, 9.17) is 10.2 Å². The van der Waals surface area contributed by atoms with E-state index in [2.05, 4.69) is 14.2 Å². The maximum Gasteiger partial charge on any atom is 0.573 e. The van der Waals surface area contributed by atoms with Gasteiger partial charge in [0.15, 0.2) is 4.90 Å². The second-order valence-corrected chi connectivity index (χ2v) is 16.4. The van der Waals surface area contributed by atoms with E-state index in [0.29, 0.717) is 25.7 Å². The zero-order valence-electron chi connectivity index (χ0n) is 31.6. The van der Waals surface area contributed by atoms with Crippen LogP contribution in [0.2, 0.25) is 0 Å². The summed E-state index contributed by atoms with van der Waals surface area (Å²) < 4.78 is 124. The lowest BCUT2D eigenvalue weighted by Gasteiger charge is -2.15. The summed E-state index contributed by atoms with van der Waals surface area (Å²) in [7, 11) is -8.77. The van der Waals surface area contributed by atoms with Crippen LogP contribution >= 0.6 is 0 Å². The molecule has 4 N–H and O–H groups in total. The number of sulfonamides is 2. The Morgan fingerprint density at radius 1 is 0.525 bits per heavy atom. The highest BCUT2D eigenvalue weighted by Gasteiger charge is 2.34. The number of carboxylic acids is 2. The number of carboxylic acid groups (broad SMARTS) is 2. The van der Waals surface area contributed by atoms with E-state index in [1.807, 2.05) is 0 Å². The average molecular weight is 883 g/mol. The number of aromatic carboxylic acids is 2. The minimum atomic E-state index is -5.03. The molecule has 318 valence electrons. The van der Waals surface area contributed by atoms with Gasteiger partial charge in [-0.1, -0.05) is 66.7 Å². The van der Waals surface area contributed by atoms with Crippen molar-refractivity contribution >= 4 is 43.4 Å². The highest BCUT2D eigenvalue weighted by Crippen LogP contribution is 2.31. The van der Waals surface area contributed by atoms with Gasteiger partial charge in [0, 0.05) is 11.4 Å². The number of halogens is 5. The molecule has 0 atom stereocenters. The Labute approximate surface area is 347 Å². The molecule has 0 bridgehead atoms. The number of para-hydroxylation sites is 1. The van der Waals surface area contributed by atoms with Crippen molar-refractivity contribution < 1.29 is 63.3 Å². The second-order valence-electron chi connectivity index (χ2n) is 13.2. The lowest BCUT2D eigenvalue weighted by atomic mass is 10.0. The van der Waals surface area contributed by atoms with Crippen molar-refractivity contribution in [1.82, 2.24) is 0 Å². The first-order valence-corrected chi connectivity index (χ1v) is 20.9. The number of ether oxygens (including phenoxy) is 1. The molecular weight excluding hydrogens is 848 g/mol. The molecular formula is C43H35F5N2O9S2. The van der Waals surface area contributed by atoms with Gasteiger partial charge in [0.2, 0.25) is 0 Å². The lowest BCUT2D eigenvalue weighted by Crippen LogP contribution is -2.20. The molecule has 0 aliphatic carbocycles. The van der Waals surface area contributed by atoms with E-state index in [0.717, 1.165) is 52.6 Å². The normalized spacial score (nSPS) is 11.5. The van der Waals surface area contributed by atoms with Gasteiger partial charge in [-0.15, -0.1) is 13.2 Å². The van der Waals surface area contributed by atoms with Crippen LogP contribution in [0.1, 0.15) is 43.0 Å². The molecule has 0 radical (unpaired) electrons. The van der Waals surface area contributed by atoms with Crippen LogP contribution in [0.5, 0.6) is 5.75 Å². The van der Waals surface area contributed by atoms with Crippen molar-refractivity contribution in [3.63, 3.8) is 0 Å². The predicted octanol–water partition coefficient (Wildman–Crippen LogP) is 9.12. The van der Waals surface area contributed by atoms with Crippen molar-refractivity contribution in [2.75, 3.05) is 9.44 Å². The van der Waals surface area contributed by atoms with Gasteiger partial charge in [0.1, 0.15) is 22.3 Å². The average Bonchev–Trinajstić information content (AvgIpc) is 3.19. The minimum Gasteiger partial charge on any atom is -0.478 e. The van der Waals surface area contributed by atoms with E-state index in [9.17, 15) is 48.4 Å². The first-order valence-electron chi connectivity index (χ1n) is 18.0. The van der Waals surface area contributed by atoms with Gasteiger partial charge in [0.05, 0.1) is 11.1 Å². The summed E-state index contributed by atoms with van der Waals surface area (Å²) >= 11 is 0. The molecule has 0 aliphatic heterocycles. The Hall–Kier alpha value is -6.79. The Kier molecular flexibility index (Phi) is 14.5. The van der Waals surface area contributed by atoms with Crippen LogP contribution in [-0.4, -0.2) is 45.3 Å². The molecule has 6 rings (SSSR count). The van der Waals surface area contributed by atoms with Gasteiger partial charge in [-0.25, -0.2) is 35.2 Å². The second kappa shape index (κ2) is 19.5. The third-order valence-electron chi connectivity index (χ3n) is 8.72. The van der Waals surface area contributed by atoms with Crippen LogP contribution in [0.3, 0.4) is 0 Å². The van der Waals surface area contributed by atoms with Gasteiger partial charge in [0.25, 0.3) is 20.0 Å². The smallest absolute Gasteiger partial charge is 0.478 e. The lowest BCUT2D eigenvalue weighted by molar-refractivity contribution is -0.275. The fourth-order valence-corrected chi connectivity index (χ4v) is 8.19. The Morgan fingerprint density at radius 3 is 1.38 bits per heavy atom. The summed E-state index contributed by atoms with van der Waals surface area (Å²) in [5.41, 5.74) is 4.17. The summed E-state index contributed by atoms with van der Waals surface area (Å²) in [4.78, 5) is 20.1. The molecule has 0 aromatic heterocycles. The van der Waals surface area contributed by atoms with Crippen LogP contribution in [0, 0.1) is 11.6 Å². The predicted molar refractivity (Wildman–Crippen MR) is 216 cm³/mol. The topological polar surface area (TPSA) is 176 Å². The number of hydrogen-bond acceptors (Lipinski definition) is 7. The Morgan fingerprint density at radius 2 is 0.934 bits per heavy atom. The molecule has 0 saturated heterocycles. The Balaban J connectivity index is 0.000000232. The number of nitrogens with one attached hydrogen (secondary N) is 2. The molecule has 0 heterocycles. The molecule has 11 nitrogen and oxygen atoms in total. The molecule has 0 unspecified atom stereocenters. The van der Waals surface area contributed by atoms with Gasteiger partial charge in [-0.05, 0) is 121 Å². The van der Waals surface area contributed by atoms with Crippen LogP contribution in [-0.2, 0) is 45.7 Å². The number of rotatable bonds is 15. The zero-order chi connectivity index (χ0) is 44.4. The van der Waals surface area contributed by atoms with Crippen LogP contribution < -0.4 is 14.2 Å². The fraction of sp³-hybridized carbons (Fsp3) is 0.116. The molecule has 0 fully saturated rings. The molecule has 0 spiro atoms. The molecule has 0 aliphatic rings. The third-order valence-corrected chi connectivity index (χ3v) is 11.6. The molecule has 0 saturated carbocycles. The number of hydrogen-bond donors (Lipinski definition) is 4. The van der Waals surface area contributed by atoms with E-state index >= 15 is 0 Å². The van der Waals surface area contributed by atoms with E-state index in [-0.39, 0.29) is 22.5 Å². The number of benzene rings is 6. The minimum absolute atomic E-state index is 0.180. The summed E-state index contributed by atoms with van der Waals surface area (Å²) in [6.45, 7) is 0. The van der Waals surface area contributed by atoms with Crippen molar-refractivity contribution in [3.05, 3.63) is 185 Å². The van der Waals surface area contributed by atoms with Crippen LogP contribution in [0.25, 0.3) is 0 Å². The number of aryl methyl sites for hydroxylation is 4. The quantitative estimate of drug-likeness (QED) is 0.0733. The molecule has 18 heteroatoms. The highest BCUT2D eigenvalue weighted by molar-refractivity contribution is 7.93. The Bertz CT molecular complexity index is 2710. The van der Waals surface area contributed by atoms with Gasteiger partial charge in [-0.3, -0.25) is 9.44 Å². The fourth-order valence-electron chi connectivity index (χ4n) is 5.82. The maximum atomic E-state index is 13.8. The standard InChI is InChI=1S/C22H18F3NO5S.C21H17F2NO4S/c23-22(24,25)31-19-6-1-2-7-20(19)32(29,30)26-18-5-3-4-16(14-18)9-8-15-10-12-17(13-11-15)21(27)28;22-18-5-2-6-19(23)20(18)29(27,28)24-17-4-1-3-15(13-17)8-7-14-9-11-16(12-10-14)21(25)26/h1-7,10-14,26H,8-9H2,(H,27,28);1-6,9-13,24H,7-8H2,(H,25,26). The summed E-state index contributed by atoms with van der Waals surface area (Å²) in [5.74, 6) is -5.17.